The molecule has 2 unspecified atom stereocenters. The zero-order valence-electron chi connectivity index (χ0n) is 23.3. The van der Waals surface area contributed by atoms with Crippen molar-refractivity contribution in [3.05, 3.63) is 179 Å². The van der Waals surface area contributed by atoms with E-state index in [0.29, 0.717) is 0 Å². The van der Waals surface area contributed by atoms with E-state index < -0.39 is 0 Å². The molecule has 41 heavy (non-hydrogen) atoms. The first-order chi connectivity index (χ1) is 20.1. The Morgan fingerprint density at radius 3 is 1.61 bits per heavy atom. The third-order valence-electron chi connectivity index (χ3n) is 9.50. The Morgan fingerprint density at radius 2 is 0.878 bits per heavy atom. The predicted octanol–water partition coefficient (Wildman–Crippen LogP) is 10.1. The molecule has 196 valence electrons. The van der Waals surface area contributed by atoms with Gasteiger partial charge < -0.3 is 4.74 Å². The van der Waals surface area contributed by atoms with E-state index in [1.54, 1.807) is 0 Å². The number of hydrogen-bond donors (Lipinski definition) is 0. The van der Waals surface area contributed by atoms with Gasteiger partial charge in [0, 0.05) is 27.5 Å². The molecule has 1 aliphatic heterocycles. The molecule has 1 nitrogen and oxygen atoms in total. The van der Waals surface area contributed by atoms with Crippen molar-refractivity contribution in [3.63, 3.8) is 0 Å². The van der Waals surface area contributed by atoms with Crippen molar-refractivity contribution in [2.45, 2.75) is 24.7 Å². The van der Waals surface area contributed by atoms with Crippen molar-refractivity contribution in [1.29, 1.82) is 0 Å². The van der Waals surface area contributed by atoms with Gasteiger partial charge in [0.1, 0.15) is 11.5 Å². The molecule has 0 N–H and O–H groups in total. The van der Waals surface area contributed by atoms with E-state index in [0.717, 1.165) is 17.1 Å². The summed E-state index contributed by atoms with van der Waals surface area (Å²) in [4.78, 5) is 0. The summed E-state index contributed by atoms with van der Waals surface area (Å²) in [6.45, 7) is 4.72. The van der Waals surface area contributed by atoms with Crippen LogP contribution < -0.4 is 4.74 Å². The van der Waals surface area contributed by atoms with E-state index in [9.17, 15) is 0 Å². The number of hydrogen-bond acceptors (Lipinski definition) is 1. The smallest absolute Gasteiger partial charge is 0.139 e. The summed E-state index contributed by atoms with van der Waals surface area (Å²) in [5, 5.41) is 0. The first kappa shape index (κ1) is 24.0. The lowest BCUT2D eigenvalue weighted by Gasteiger charge is -2.39. The molecule has 1 aliphatic carbocycles. The maximum absolute atomic E-state index is 6.89. The zero-order valence-corrected chi connectivity index (χ0v) is 23.3. The second-order valence-corrected chi connectivity index (χ2v) is 11.5. The molecule has 0 amide bonds. The summed E-state index contributed by atoms with van der Waals surface area (Å²) in [7, 11) is 0. The molecule has 2 aliphatic rings. The minimum absolute atomic E-state index is 0.304. The Hall–Kier alpha value is -4.88. The number of para-hydroxylation sites is 2. The van der Waals surface area contributed by atoms with Crippen molar-refractivity contribution in [1.82, 2.24) is 0 Å². The van der Waals surface area contributed by atoms with Crippen LogP contribution in [0.25, 0.3) is 22.3 Å². The average Bonchev–Trinajstić information content (AvgIpc) is 3.31. The molecule has 8 rings (SSSR count). The molecular formula is C40H30O. The summed E-state index contributed by atoms with van der Waals surface area (Å²) < 4.78 is 6.89. The predicted molar refractivity (Wildman–Crippen MR) is 168 cm³/mol. The van der Waals surface area contributed by atoms with Crippen LogP contribution in [0.4, 0.5) is 0 Å². The van der Waals surface area contributed by atoms with Crippen LogP contribution in [-0.4, -0.2) is 0 Å². The molecule has 1 heterocycles. The summed E-state index contributed by atoms with van der Waals surface area (Å²) in [5.74, 6) is 1.86. The highest BCUT2D eigenvalue weighted by molar-refractivity contribution is 5.92. The maximum Gasteiger partial charge on any atom is 0.139 e. The highest BCUT2D eigenvalue weighted by Gasteiger charge is 2.44. The van der Waals surface area contributed by atoms with Crippen LogP contribution in [-0.2, 0) is 10.8 Å². The maximum atomic E-state index is 6.89. The van der Waals surface area contributed by atoms with Gasteiger partial charge in [0.25, 0.3) is 0 Å². The van der Waals surface area contributed by atoms with Gasteiger partial charge in [0.05, 0.1) is 0 Å². The highest BCUT2D eigenvalue weighted by Crippen LogP contribution is 2.59. The third kappa shape index (κ3) is 3.24. The van der Waals surface area contributed by atoms with Crippen molar-refractivity contribution in [3.8, 4) is 33.8 Å². The quantitative estimate of drug-likeness (QED) is 0.223. The zero-order chi connectivity index (χ0) is 27.6. The van der Waals surface area contributed by atoms with Crippen LogP contribution in [0.2, 0.25) is 0 Å². The van der Waals surface area contributed by atoms with Crippen LogP contribution in [0.3, 0.4) is 0 Å². The SMILES string of the molecule is CC1(c2ccccc2)c2ccccc2Oc2c(-c3cccc4c3C(C)(c3ccccc3)c3ccccc3-4)cccc21. The van der Waals surface area contributed by atoms with Gasteiger partial charge >= 0.3 is 0 Å². The van der Waals surface area contributed by atoms with Crippen molar-refractivity contribution >= 4 is 0 Å². The minimum Gasteiger partial charge on any atom is -0.456 e. The number of benzene rings is 6. The topological polar surface area (TPSA) is 9.23 Å². The fraction of sp³-hybridized carbons (Fsp3) is 0.100. The van der Waals surface area contributed by atoms with E-state index in [2.05, 4.69) is 159 Å². The third-order valence-corrected chi connectivity index (χ3v) is 9.50. The molecule has 0 saturated heterocycles. The molecular weight excluding hydrogens is 496 g/mol. The minimum atomic E-state index is -0.356. The average molecular weight is 527 g/mol. The van der Waals surface area contributed by atoms with E-state index in [1.165, 1.54) is 50.1 Å². The van der Waals surface area contributed by atoms with Crippen LogP contribution in [0, 0.1) is 0 Å². The van der Waals surface area contributed by atoms with Gasteiger partial charge in [0.2, 0.25) is 0 Å². The van der Waals surface area contributed by atoms with Crippen LogP contribution in [0.15, 0.2) is 146 Å². The summed E-state index contributed by atoms with van der Waals surface area (Å²) in [5.41, 5.74) is 11.9. The molecule has 0 bridgehead atoms. The highest BCUT2D eigenvalue weighted by atomic mass is 16.5. The standard InChI is InChI=1S/C40H30O/c1-39(27-15-5-3-6-16-27)34-24-11-12-26-36(34)41-38-32(22-14-25-35(38)39)31-21-13-20-30-29-19-9-10-23-33(29)40(2,37(30)31)28-17-7-4-8-18-28/h3-26H,1-2H3. The Morgan fingerprint density at radius 1 is 0.390 bits per heavy atom. The first-order valence-electron chi connectivity index (χ1n) is 14.4. The molecule has 1 heteroatoms. The van der Waals surface area contributed by atoms with Crippen molar-refractivity contribution < 1.29 is 4.74 Å². The number of ether oxygens (including phenoxy) is 1. The molecule has 2 atom stereocenters. The second-order valence-electron chi connectivity index (χ2n) is 11.5. The van der Waals surface area contributed by atoms with Gasteiger partial charge in [-0.05, 0) is 58.9 Å². The van der Waals surface area contributed by atoms with E-state index in [-0.39, 0.29) is 10.8 Å². The lowest BCUT2D eigenvalue weighted by molar-refractivity contribution is 0.429. The number of fused-ring (bicyclic) bond motifs is 5. The van der Waals surface area contributed by atoms with Gasteiger partial charge in [-0.15, -0.1) is 0 Å². The molecule has 0 saturated carbocycles. The van der Waals surface area contributed by atoms with Gasteiger partial charge in [-0.2, -0.15) is 0 Å². The lowest BCUT2D eigenvalue weighted by atomic mass is 9.68. The fourth-order valence-electron chi connectivity index (χ4n) is 7.46. The Bertz CT molecular complexity index is 1940. The first-order valence-corrected chi connectivity index (χ1v) is 14.4. The van der Waals surface area contributed by atoms with Gasteiger partial charge in [-0.25, -0.2) is 0 Å². The van der Waals surface area contributed by atoms with Gasteiger partial charge in [-0.3, -0.25) is 0 Å². The molecule has 6 aromatic carbocycles. The fourth-order valence-corrected chi connectivity index (χ4v) is 7.46. The molecule has 0 radical (unpaired) electrons. The Balaban J connectivity index is 1.43. The van der Waals surface area contributed by atoms with Crippen LogP contribution in [0.1, 0.15) is 47.2 Å². The van der Waals surface area contributed by atoms with Crippen molar-refractivity contribution in [2.24, 2.45) is 0 Å². The summed E-state index contributed by atoms with van der Waals surface area (Å²) in [6.07, 6.45) is 0. The largest absolute Gasteiger partial charge is 0.456 e. The second kappa shape index (κ2) is 8.81. The summed E-state index contributed by atoms with van der Waals surface area (Å²) in [6, 6.07) is 52.6. The van der Waals surface area contributed by atoms with Gasteiger partial charge in [0.15, 0.2) is 0 Å². The lowest BCUT2D eigenvalue weighted by Crippen LogP contribution is -2.29. The van der Waals surface area contributed by atoms with Crippen molar-refractivity contribution in [2.75, 3.05) is 0 Å². The van der Waals surface area contributed by atoms with E-state index >= 15 is 0 Å². The summed E-state index contributed by atoms with van der Waals surface area (Å²) >= 11 is 0. The van der Waals surface area contributed by atoms with Crippen LogP contribution in [0.5, 0.6) is 11.5 Å². The van der Waals surface area contributed by atoms with E-state index in [1.807, 2.05) is 0 Å². The molecule has 6 aromatic rings. The molecule has 0 fully saturated rings. The normalized spacial score (nSPS) is 19.9. The monoisotopic (exact) mass is 526 g/mol. The Labute approximate surface area is 241 Å². The van der Waals surface area contributed by atoms with Crippen LogP contribution >= 0.6 is 0 Å². The molecule has 0 aromatic heterocycles. The number of rotatable bonds is 3. The van der Waals surface area contributed by atoms with Gasteiger partial charge in [-0.1, -0.05) is 140 Å². The molecule has 0 spiro atoms. The van der Waals surface area contributed by atoms with E-state index in [4.69, 9.17) is 4.74 Å². The Kier molecular flexibility index (Phi) is 5.15.